The summed E-state index contributed by atoms with van der Waals surface area (Å²) in [7, 11) is 1.76. The highest BCUT2D eigenvalue weighted by Gasteiger charge is 2.23. The summed E-state index contributed by atoms with van der Waals surface area (Å²) >= 11 is 0. The molecule has 9 nitrogen and oxygen atoms in total. The zero-order valence-corrected chi connectivity index (χ0v) is 18.9. The van der Waals surface area contributed by atoms with Crippen molar-refractivity contribution in [3.05, 3.63) is 48.2 Å². The number of carbonyl (C=O) groups excluding carboxylic acids is 1. The van der Waals surface area contributed by atoms with E-state index in [1.54, 1.807) is 18.1 Å². The number of nitrogens with zero attached hydrogens (tertiary/aromatic N) is 4. The SMILES string of the molecule is CCOC(=O)N1CCN(C(=NC)NCc2ccnc(Oc3ccc(OCC)cc3)c2)CC1. The number of piperazine rings is 1. The maximum Gasteiger partial charge on any atom is 0.409 e. The Labute approximate surface area is 189 Å². The molecule has 1 aliphatic rings. The van der Waals surface area contributed by atoms with Crippen molar-refractivity contribution in [3.63, 3.8) is 0 Å². The van der Waals surface area contributed by atoms with E-state index in [9.17, 15) is 4.79 Å². The molecule has 1 saturated heterocycles. The van der Waals surface area contributed by atoms with Crippen LogP contribution in [0.25, 0.3) is 0 Å². The molecule has 32 heavy (non-hydrogen) atoms. The number of carbonyl (C=O) groups is 1. The van der Waals surface area contributed by atoms with Crippen LogP contribution >= 0.6 is 0 Å². The highest BCUT2D eigenvalue weighted by molar-refractivity contribution is 5.80. The molecule has 0 saturated carbocycles. The fourth-order valence-electron chi connectivity index (χ4n) is 3.34. The number of rotatable bonds is 7. The number of benzene rings is 1. The van der Waals surface area contributed by atoms with Crippen LogP contribution in [0.1, 0.15) is 19.4 Å². The second-order valence-electron chi connectivity index (χ2n) is 7.08. The minimum atomic E-state index is -0.257. The zero-order chi connectivity index (χ0) is 22.8. The van der Waals surface area contributed by atoms with Gasteiger partial charge in [0.15, 0.2) is 5.96 Å². The number of aliphatic imine (C=N–C) groups is 1. The van der Waals surface area contributed by atoms with Gasteiger partial charge >= 0.3 is 6.09 Å². The number of hydrogen-bond acceptors (Lipinski definition) is 6. The molecule has 0 radical (unpaired) electrons. The minimum Gasteiger partial charge on any atom is -0.494 e. The quantitative estimate of drug-likeness (QED) is 0.522. The highest BCUT2D eigenvalue weighted by atomic mass is 16.6. The van der Waals surface area contributed by atoms with Gasteiger partial charge in [0.2, 0.25) is 5.88 Å². The molecule has 0 unspecified atom stereocenters. The van der Waals surface area contributed by atoms with E-state index in [1.165, 1.54) is 0 Å². The van der Waals surface area contributed by atoms with E-state index in [0.717, 1.165) is 17.3 Å². The number of pyridine rings is 1. The normalized spacial score (nSPS) is 14.2. The summed E-state index contributed by atoms with van der Waals surface area (Å²) < 4.78 is 16.4. The molecule has 1 fully saturated rings. The van der Waals surface area contributed by atoms with Gasteiger partial charge in [-0.05, 0) is 49.7 Å². The number of ether oxygens (including phenoxy) is 3. The first-order chi connectivity index (χ1) is 15.6. The maximum atomic E-state index is 11.9. The first-order valence-electron chi connectivity index (χ1n) is 10.9. The topological polar surface area (TPSA) is 88.5 Å². The Morgan fingerprint density at radius 1 is 1.03 bits per heavy atom. The van der Waals surface area contributed by atoms with Crippen molar-refractivity contribution in [2.24, 2.45) is 4.99 Å². The molecule has 0 atom stereocenters. The average Bonchev–Trinajstić information content (AvgIpc) is 2.82. The lowest BCUT2D eigenvalue weighted by molar-refractivity contribution is 0.0914. The summed E-state index contributed by atoms with van der Waals surface area (Å²) in [6.07, 6.45) is 1.47. The fourth-order valence-corrected chi connectivity index (χ4v) is 3.34. The number of hydrogen-bond donors (Lipinski definition) is 1. The third-order valence-electron chi connectivity index (χ3n) is 4.92. The van der Waals surface area contributed by atoms with E-state index in [1.807, 2.05) is 50.2 Å². The molecule has 9 heteroatoms. The van der Waals surface area contributed by atoms with E-state index < -0.39 is 0 Å². The van der Waals surface area contributed by atoms with Gasteiger partial charge in [0.05, 0.1) is 13.2 Å². The van der Waals surface area contributed by atoms with Crippen LogP contribution in [0.15, 0.2) is 47.6 Å². The summed E-state index contributed by atoms with van der Waals surface area (Å²) in [4.78, 5) is 24.4. The summed E-state index contributed by atoms with van der Waals surface area (Å²) in [5.74, 6) is 2.81. The lowest BCUT2D eigenvalue weighted by atomic mass is 10.2. The Kier molecular flexibility index (Phi) is 8.53. The standard InChI is InChI=1S/C23H31N5O4/c1-4-30-19-6-8-20(9-7-19)32-21-16-18(10-11-25-21)17-26-22(24-3)27-12-14-28(15-13-27)23(29)31-5-2/h6-11,16H,4-5,12-15,17H2,1-3H3,(H,24,26). The lowest BCUT2D eigenvalue weighted by Gasteiger charge is -2.35. The van der Waals surface area contributed by atoms with Crippen LogP contribution in [-0.2, 0) is 11.3 Å². The Balaban J connectivity index is 1.52. The summed E-state index contributed by atoms with van der Waals surface area (Å²) in [6, 6.07) is 11.3. The van der Waals surface area contributed by atoms with E-state index in [0.29, 0.717) is 57.6 Å². The van der Waals surface area contributed by atoms with Gasteiger partial charge in [0, 0.05) is 52.0 Å². The van der Waals surface area contributed by atoms with E-state index >= 15 is 0 Å². The molecule has 2 aromatic rings. The Bertz CT molecular complexity index is 896. The Morgan fingerprint density at radius 3 is 2.38 bits per heavy atom. The van der Waals surface area contributed by atoms with Gasteiger partial charge in [-0.15, -0.1) is 0 Å². The Hall–Kier alpha value is -3.49. The van der Waals surface area contributed by atoms with Crippen LogP contribution in [0.2, 0.25) is 0 Å². The van der Waals surface area contributed by atoms with Gasteiger partial charge in [-0.2, -0.15) is 0 Å². The molecule has 3 rings (SSSR count). The van der Waals surface area contributed by atoms with Crippen LogP contribution < -0.4 is 14.8 Å². The van der Waals surface area contributed by atoms with Gasteiger partial charge in [-0.1, -0.05) is 0 Å². The molecular weight excluding hydrogens is 410 g/mol. The van der Waals surface area contributed by atoms with Gasteiger partial charge < -0.3 is 29.3 Å². The molecule has 1 N–H and O–H groups in total. The van der Waals surface area contributed by atoms with E-state index in [2.05, 4.69) is 20.2 Å². The molecule has 0 spiro atoms. The Morgan fingerprint density at radius 2 is 1.72 bits per heavy atom. The molecule has 2 heterocycles. The van der Waals surface area contributed by atoms with Crippen molar-refractivity contribution in [3.8, 4) is 17.4 Å². The van der Waals surface area contributed by atoms with Crippen LogP contribution in [0.4, 0.5) is 4.79 Å². The van der Waals surface area contributed by atoms with Gasteiger partial charge in [0.25, 0.3) is 0 Å². The predicted octanol–water partition coefficient (Wildman–Crippen LogP) is 3.12. The molecule has 0 aliphatic carbocycles. The third kappa shape index (κ3) is 6.50. The second kappa shape index (κ2) is 11.8. The highest BCUT2D eigenvalue weighted by Crippen LogP contribution is 2.23. The molecule has 1 aromatic carbocycles. The minimum absolute atomic E-state index is 0.257. The van der Waals surface area contributed by atoms with Crippen molar-refractivity contribution in [1.29, 1.82) is 0 Å². The number of amides is 1. The summed E-state index contributed by atoms with van der Waals surface area (Å²) in [6.45, 7) is 7.96. The van der Waals surface area contributed by atoms with E-state index in [4.69, 9.17) is 14.2 Å². The molecular formula is C23H31N5O4. The number of guanidine groups is 1. The number of nitrogens with one attached hydrogen (secondary N) is 1. The van der Waals surface area contributed by atoms with Gasteiger partial charge in [-0.25, -0.2) is 9.78 Å². The van der Waals surface area contributed by atoms with Crippen molar-refractivity contribution in [2.75, 3.05) is 46.4 Å². The average molecular weight is 442 g/mol. The summed E-state index contributed by atoms with van der Waals surface area (Å²) in [5.41, 5.74) is 1.02. The molecule has 0 bridgehead atoms. The van der Waals surface area contributed by atoms with Crippen LogP contribution in [0.5, 0.6) is 17.4 Å². The van der Waals surface area contributed by atoms with E-state index in [-0.39, 0.29) is 6.09 Å². The first kappa shape index (κ1) is 23.2. The van der Waals surface area contributed by atoms with Crippen LogP contribution in [0, 0.1) is 0 Å². The second-order valence-corrected chi connectivity index (χ2v) is 7.08. The molecule has 172 valence electrons. The fraction of sp³-hybridized carbons (Fsp3) is 0.435. The van der Waals surface area contributed by atoms with Gasteiger partial charge in [0.1, 0.15) is 11.5 Å². The summed E-state index contributed by atoms with van der Waals surface area (Å²) in [5, 5.41) is 3.38. The van der Waals surface area contributed by atoms with Gasteiger partial charge in [-0.3, -0.25) is 4.99 Å². The van der Waals surface area contributed by atoms with Crippen molar-refractivity contribution < 1.29 is 19.0 Å². The predicted molar refractivity (Wildman–Crippen MR) is 122 cm³/mol. The van der Waals surface area contributed by atoms with Crippen LogP contribution in [0.3, 0.4) is 0 Å². The molecule has 1 amide bonds. The first-order valence-corrected chi connectivity index (χ1v) is 10.9. The van der Waals surface area contributed by atoms with Crippen molar-refractivity contribution >= 4 is 12.1 Å². The van der Waals surface area contributed by atoms with Crippen molar-refractivity contribution in [2.45, 2.75) is 20.4 Å². The van der Waals surface area contributed by atoms with Crippen LogP contribution in [-0.4, -0.2) is 73.3 Å². The monoisotopic (exact) mass is 441 g/mol. The third-order valence-corrected chi connectivity index (χ3v) is 4.92. The molecule has 1 aliphatic heterocycles. The maximum absolute atomic E-state index is 11.9. The zero-order valence-electron chi connectivity index (χ0n) is 18.9. The molecule has 1 aromatic heterocycles. The lowest BCUT2D eigenvalue weighted by Crippen LogP contribution is -2.53. The smallest absolute Gasteiger partial charge is 0.409 e. The number of aromatic nitrogens is 1. The van der Waals surface area contributed by atoms with Crippen molar-refractivity contribution in [1.82, 2.24) is 20.1 Å². The largest absolute Gasteiger partial charge is 0.494 e.